The molecule has 1 amide bonds. The molecular formula is C18H21NO2. The van der Waals surface area contributed by atoms with Crippen molar-refractivity contribution >= 4 is 22.5 Å². The Labute approximate surface area is 125 Å². The van der Waals surface area contributed by atoms with Gasteiger partial charge in [0.25, 0.3) is 5.91 Å². The zero-order chi connectivity index (χ0) is 15.1. The second kappa shape index (κ2) is 7.58. The summed E-state index contributed by atoms with van der Waals surface area (Å²) in [6, 6.07) is 13.7. The first-order chi connectivity index (χ1) is 10.2. The van der Waals surface area contributed by atoms with Gasteiger partial charge in [-0.15, -0.1) is 0 Å². The highest BCUT2D eigenvalue weighted by Crippen LogP contribution is 2.15. The van der Waals surface area contributed by atoms with Crippen LogP contribution in [0.1, 0.15) is 43.0 Å². The normalized spacial score (nSPS) is 10.5. The number of amides is 1. The number of Topliss-reactive ketones (excluding diaryl/α,β-unsaturated/α-hetero) is 1. The quantitative estimate of drug-likeness (QED) is 0.787. The fraction of sp³-hybridized carbons (Fsp3) is 0.333. The molecule has 0 spiro atoms. The lowest BCUT2D eigenvalue weighted by atomic mass is 10.1. The second-order valence-corrected chi connectivity index (χ2v) is 5.33. The first kappa shape index (κ1) is 15.2. The van der Waals surface area contributed by atoms with Crippen LogP contribution in [0.3, 0.4) is 0 Å². The van der Waals surface area contributed by atoms with Crippen LogP contribution in [-0.2, 0) is 4.79 Å². The summed E-state index contributed by atoms with van der Waals surface area (Å²) in [6.45, 7) is 2.27. The molecule has 3 nitrogen and oxygen atoms in total. The molecule has 1 N–H and O–H groups in total. The molecule has 0 unspecified atom stereocenters. The molecule has 0 saturated carbocycles. The van der Waals surface area contributed by atoms with Crippen molar-refractivity contribution in [3.63, 3.8) is 0 Å². The molecule has 110 valence electrons. The number of benzene rings is 2. The van der Waals surface area contributed by atoms with Gasteiger partial charge in [0.05, 0.1) is 0 Å². The standard InChI is InChI=1S/C18H21NO2/c1-14(20)7-3-2-6-12-19-18(21)17-11-10-15-8-4-5-9-16(15)13-17/h4-5,8-11,13H,2-3,6-7,12H2,1H3,(H,19,21). The predicted octanol–water partition coefficient (Wildman–Crippen LogP) is 3.72. The Morgan fingerprint density at radius 2 is 1.71 bits per heavy atom. The largest absolute Gasteiger partial charge is 0.352 e. The Hall–Kier alpha value is -2.16. The number of nitrogens with one attached hydrogen (secondary N) is 1. The van der Waals surface area contributed by atoms with E-state index in [0.29, 0.717) is 18.5 Å². The van der Waals surface area contributed by atoms with E-state index in [2.05, 4.69) is 5.32 Å². The van der Waals surface area contributed by atoms with Gasteiger partial charge in [-0.25, -0.2) is 0 Å². The topological polar surface area (TPSA) is 46.2 Å². The van der Waals surface area contributed by atoms with Crippen LogP contribution in [0.25, 0.3) is 10.8 Å². The lowest BCUT2D eigenvalue weighted by molar-refractivity contribution is -0.117. The summed E-state index contributed by atoms with van der Waals surface area (Å²) in [6.07, 6.45) is 3.42. The molecule has 21 heavy (non-hydrogen) atoms. The molecule has 3 heteroatoms. The summed E-state index contributed by atoms with van der Waals surface area (Å²) in [5, 5.41) is 5.14. The molecule has 0 radical (unpaired) electrons. The lowest BCUT2D eigenvalue weighted by Gasteiger charge is -2.06. The van der Waals surface area contributed by atoms with E-state index >= 15 is 0 Å². The molecule has 0 atom stereocenters. The van der Waals surface area contributed by atoms with Crippen LogP contribution in [-0.4, -0.2) is 18.2 Å². The average molecular weight is 283 g/mol. The molecule has 0 fully saturated rings. The molecule has 0 saturated heterocycles. The highest BCUT2D eigenvalue weighted by atomic mass is 16.1. The Morgan fingerprint density at radius 1 is 0.952 bits per heavy atom. The molecule has 2 aromatic carbocycles. The minimum atomic E-state index is -0.0349. The highest BCUT2D eigenvalue weighted by molar-refractivity contribution is 5.98. The molecular weight excluding hydrogens is 262 g/mol. The van der Waals surface area contributed by atoms with Gasteiger partial charge in [-0.2, -0.15) is 0 Å². The summed E-state index contributed by atoms with van der Waals surface area (Å²) in [5.74, 6) is 0.197. The van der Waals surface area contributed by atoms with Crippen molar-refractivity contribution in [2.45, 2.75) is 32.6 Å². The first-order valence-electron chi connectivity index (χ1n) is 7.43. The summed E-state index contributed by atoms with van der Waals surface area (Å²) in [5.41, 5.74) is 0.692. The van der Waals surface area contributed by atoms with Crippen LogP contribution < -0.4 is 5.32 Å². The minimum absolute atomic E-state index is 0.0349. The molecule has 2 rings (SSSR count). The van der Waals surface area contributed by atoms with Crippen molar-refractivity contribution in [3.8, 4) is 0 Å². The van der Waals surface area contributed by atoms with E-state index < -0.39 is 0 Å². The Bertz CT molecular complexity index is 634. The summed E-state index contributed by atoms with van der Waals surface area (Å²) in [7, 11) is 0. The molecule has 0 aromatic heterocycles. The van der Waals surface area contributed by atoms with Crippen molar-refractivity contribution in [3.05, 3.63) is 48.0 Å². The SMILES string of the molecule is CC(=O)CCCCCNC(=O)c1ccc2ccccc2c1. The summed E-state index contributed by atoms with van der Waals surface area (Å²) >= 11 is 0. The van der Waals surface area contributed by atoms with E-state index in [1.54, 1.807) is 6.92 Å². The van der Waals surface area contributed by atoms with Crippen molar-refractivity contribution in [2.75, 3.05) is 6.54 Å². The van der Waals surface area contributed by atoms with Crippen molar-refractivity contribution < 1.29 is 9.59 Å². The van der Waals surface area contributed by atoms with Gasteiger partial charge in [0.15, 0.2) is 0 Å². The Morgan fingerprint density at radius 3 is 2.48 bits per heavy atom. The number of hydrogen-bond donors (Lipinski definition) is 1. The Kier molecular flexibility index (Phi) is 5.50. The molecule has 0 heterocycles. The number of ketones is 1. The van der Waals surface area contributed by atoms with Gasteiger partial charge in [0.1, 0.15) is 5.78 Å². The highest BCUT2D eigenvalue weighted by Gasteiger charge is 2.05. The molecule has 0 bridgehead atoms. The van der Waals surface area contributed by atoms with Crippen LogP contribution >= 0.6 is 0 Å². The van der Waals surface area contributed by atoms with E-state index in [4.69, 9.17) is 0 Å². The lowest BCUT2D eigenvalue weighted by Crippen LogP contribution is -2.24. The number of fused-ring (bicyclic) bond motifs is 1. The van der Waals surface area contributed by atoms with Gasteiger partial charge in [-0.1, -0.05) is 36.8 Å². The smallest absolute Gasteiger partial charge is 0.251 e. The molecule has 0 aliphatic carbocycles. The van der Waals surface area contributed by atoms with E-state index in [-0.39, 0.29) is 11.7 Å². The molecule has 0 aliphatic rings. The number of rotatable bonds is 7. The van der Waals surface area contributed by atoms with Gasteiger partial charge in [-0.3, -0.25) is 4.79 Å². The summed E-state index contributed by atoms with van der Waals surface area (Å²) < 4.78 is 0. The fourth-order valence-electron chi connectivity index (χ4n) is 2.31. The van der Waals surface area contributed by atoms with Gasteiger partial charge in [0, 0.05) is 18.5 Å². The summed E-state index contributed by atoms with van der Waals surface area (Å²) in [4.78, 5) is 22.9. The maximum absolute atomic E-state index is 12.1. The third kappa shape index (κ3) is 4.71. The third-order valence-corrected chi connectivity index (χ3v) is 3.50. The van der Waals surface area contributed by atoms with Crippen LogP contribution in [0.4, 0.5) is 0 Å². The van der Waals surface area contributed by atoms with E-state index in [9.17, 15) is 9.59 Å². The first-order valence-corrected chi connectivity index (χ1v) is 7.43. The van der Waals surface area contributed by atoms with Crippen molar-refractivity contribution in [1.82, 2.24) is 5.32 Å². The maximum atomic E-state index is 12.1. The third-order valence-electron chi connectivity index (χ3n) is 3.50. The minimum Gasteiger partial charge on any atom is -0.352 e. The number of hydrogen-bond acceptors (Lipinski definition) is 2. The monoisotopic (exact) mass is 283 g/mol. The predicted molar refractivity (Wildman–Crippen MR) is 85.4 cm³/mol. The van der Waals surface area contributed by atoms with Crippen LogP contribution in [0.15, 0.2) is 42.5 Å². The molecule has 0 aliphatic heterocycles. The average Bonchev–Trinajstić information content (AvgIpc) is 2.49. The second-order valence-electron chi connectivity index (χ2n) is 5.33. The van der Waals surface area contributed by atoms with Crippen LogP contribution in [0.5, 0.6) is 0 Å². The fourth-order valence-corrected chi connectivity index (χ4v) is 2.31. The Balaban J connectivity index is 1.80. The van der Waals surface area contributed by atoms with E-state index in [1.165, 1.54) is 0 Å². The van der Waals surface area contributed by atoms with Crippen molar-refractivity contribution in [2.24, 2.45) is 0 Å². The van der Waals surface area contributed by atoms with Gasteiger partial charge < -0.3 is 10.1 Å². The number of carbonyl (C=O) groups excluding carboxylic acids is 2. The van der Waals surface area contributed by atoms with E-state index in [0.717, 1.165) is 30.0 Å². The number of unbranched alkanes of at least 4 members (excludes halogenated alkanes) is 2. The van der Waals surface area contributed by atoms with Gasteiger partial charge in [-0.05, 0) is 42.7 Å². The van der Waals surface area contributed by atoms with Crippen molar-refractivity contribution in [1.29, 1.82) is 0 Å². The van der Waals surface area contributed by atoms with E-state index in [1.807, 2.05) is 42.5 Å². The van der Waals surface area contributed by atoms with Gasteiger partial charge >= 0.3 is 0 Å². The zero-order valence-corrected chi connectivity index (χ0v) is 12.4. The maximum Gasteiger partial charge on any atom is 0.251 e. The zero-order valence-electron chi connectivity index (χ0n) is 12.4. The molecule has 2 aromatic rings. The van der Waals surface area contributed by atoms with Crippen LogP contribution in [0, 0.1) is 0 Å². The van der Waals surface area contributed by atoms with Crippen LogP contribution in [0.2, 0.25) is 0 Å². The van der Waals surface area contributed by atoms with Gasteiger partial charge in [0.2, 0.25) is 0 Å². The number of carbonyl (C=O) groups is 2.